The number of nitrogens with zero attached hydrogens (tertiary/aromatic N) is 2. The summed E-state index contributed by atoms with van der Waals surface area (Å²) in [4.78, 5) is 20.1. The number of esters is 1. The fourth-order valence-corrected chi connectivity index (χ4v) is 2.06. The van der Waals surface area contributed by atoms with E-state index >= 15 is 0 Å². The van der Waals surface area contributed by atoms with Crippen LogP contribution in [-0.4, -0.2) is 74.8 Å². The molecular formula is C16H22N2O7. The minimum Gasteiger partial charge on any atom is -0.505 e. The van der Waals surface area contributed by atoms with E-state index in [2.05, 4.69) is 9.98 Å². The Balaban J connectivity index is 2.02. The Labute approximate surface area is 145 Å². The van der Waals surface area contributed by atoms with Crippen molar-refractivity contribution >= 4 is 11.9 Å². The minimum atomic E-state index is -1.16. The van der Waals surface area contributed by atoms with E-state index in [0.717, 1.165) is 0 Å². The second kappa shape index (κ2) is 8.63. The second-order valence-electron chi connectivity index (χ2n) is 5.44. The monoisotopic (exact) mass is 354 g/mol. The summed E-state index contributed by atoms with van der Waals surface area (Å²) in [5, 5.41) is 10.00. The van der Waals surface area contributed by atoms with Crippen LogP contribution < -0.4 is 4.74 Å². The summed E-state index contributed by atoms with van der Waals surface area (Å²) in [6.45, 7) is 3.24. The van der Waals surface area contributed by atoms with Gasteiger partial charge in [0, 0.05) is 13.2 Å². The molecule has 1 aliphatic heterocycles. The zero-order valence-electron chi connectivity index (χ0n) is 14.5. The molecule has 0 saturated carbocycles. The van der Waals surface area contributed by atoms with Crippen molar-refractivity contribution in [1.82, 2.24) is 4.98 Å². The van der Waals surface area contributed by atoms with Gasteiger partial charge in [-0.25, -0.2) is 14.8 Å². The Hall–Kier alpha value is -2.39. The molecule has 0 saturated heterocycles. The average molecular weight is 354 g/mol. The average Bonchev–Trinajstić information content (AvgIpc) is 3.02. The van der Waals surface area contributed by atoms with Crippen molar-refractivity contribution in [2.24, 2.45) is 4.99 Å². The Bertz CT molecular complexity index is 635. The van der Waals surface area contributed by atoms with Crippen LogP contribution in [0.25, 0.3) is 0 Å². The molecule has 1 aliphatic rings. The number of ether oxygens (including phenoxy) is 5. The van der Waals surface area contributed by atoms with Gasteiger partial charge in [0.1, 0.15) is 19.0 Å². The predicted molar refractivity (Wildman–Crippen MR) is 87.0 cm³/mol. The molecule has 138 valence electrons. The van der Waals surface area contributed by atoms with Gasteiger partial charge in [-0.15, -0.1) is 0 Å². The van der Waals surface area contributed by atoms with Gasteiger partial charge in [0.15, 0.2) is 11.2 Å². The maximum absolute atomic E-state index is 11.8. The first kappa shape index (κ1) is 18.9. The van der Waals surface area contributed by atoms with Gasteiger partial charge in [0.05, 0.1) is 26.9 Å². The maximum Gasteiger partial charge on any atom is 0.337 e. The van der Waals surface area contributed by atoms with Gasteiger partial charge in [0.25, 0.3) is 0 Å². The molecule has 0 radical (unpaired) electrons. The molecule has 1 atom stereocenters. The molecule has 0 fully saturated rings. The molecule has 1 N–H and O–H groups in total. The zero-order valence-corrected chi connectivity index (χ0v) is 14.5. The quantitative estimate of drug-likeness (QED) is 0.505. The molecule has 2 rings (SSSR count). The van der Waals surface area contributed by atoms with Crippen molar-refractivity contribution in [1.29, 1.82) is 0 Å². The largest absolute Gasteiger partial charge is 0.505 e. The van der Waals surface area contributed by atoms with Crippen LogP contribution in [-0.2, 0) is 23.7 Å². The van der Waals surface area contributed by atoms with Gasteiger partial charge >= 0.3 is 5.97 Å². The highest BCUT2D eigenvalue weighted by atomic mass is 16.5. The number of aliphatic imine (C=N–C) groups is 1. The summed E-state index contributed by atoms with van der Waals surface area (Å²) >= 11 is 0. The first-order chi connectivity index (χ1) is 12.0. The topological polar surface area (TPSA) is 109 Å². The highest BCUT2D eigenvalue weighted by Gasteiger charge is 2.41. The lowest BCUT2D eigenvalue weighted by Gasteiger charge is -2.13. The molecule has 0 spiro atoms. The molecule has 1 unspecified atom stereocenters. The standard InChI is InChI=1S/C16H22N2O7/c1-16(15(20)22-3)10-25-14(18-16)13-11(19)4-5-12(17-13)24-9-8-23-7-6-21-2/h4-5,19H,6-10H2,1-3H3. The summed E-state index contributed by atoms with van der Waals surface area (Å²) < 4.78 is 25.8. The Kier molecular flexibility index (Phi) is 6.54. The zero-order chi connectivity index (χ0) is 18.3. The first-order valence-electron chi connectivity index (χ1n) is 7.71. The lowest BCUT2D eigenvalue weighted by atomic mass is 10.1. The molecule has 0 aromatic carbocycles. The normalized spacial score (nSPS) is 19.2. The van der Waals surface area contributed by atoms with Crippen LogP contribution in [0.3, 0.4) is 0 Å². The van der Waals surface area contributed by atoms with Crippen molar-refractivity contribution < 1.29 is 33.6 Å². The Morgan fingerprint density at radius 1 is 1.28 bits per heavy atom. The number of methoxy groups -OCH3 is 2. The third-order valence-corrected chi connectivity index (χ3v) is 3.42. The third kappa shape index (κ3) is 4.80. The van der Waals surface area contributed by atoms with Crippen LogP contribution in [0.5, 0.6) is 11.6 Å². The number of hydrogen-bond acceptors (Lipinski definition) is 9. The van der Waals surface area contributed by atoms with E-state index in [1.807, 2.05) is 0 Å². The molecule has 0 amide bonds. The second-order valence-corrected chi connectivity index (χ2v) is 5.44. The van der Waals surface area contributed by atoms with E-state index in [-0.39, 0.29) is 36.4 Å². The molecule has 1 aromatic rings. The van der Waals surface area contributed by atoms with Gasteiger partial charge in [-0.1, -0.05) is 0 Å². The van der Waals surface area contributed by atoms with Gasteiger partial charge < -0.3 is 28.8 Å². The molecule has 9 nitrogen and oxygen atoms in total. The Morgan fingerprint density at radius 3 is 2.76 bits per heavy atom. The van der Waals surface area contributed by atoms with E-state index < -0.39 is 11.5 Å². The molecule has 25 heavy (non-hydrogen) atoms. The van der Waals surface area contributed by atoms with Crippen LogP contribution >= 0.6 is 0 Å². The Morgan fingerprint density at radius 2 is 2.04 bits per heavy atom. The van der Waals surface area contributed by atoms with Gasteiger partial charge in [-0.2, -0.15) is 0 Å². The van der Waals surface area contributed by atoms with Crippen LogP contribution in [0.4, 0.5) is 0 Å². The van der Waals surface area contributed by atoms with Gasteiger partial charge in [0.2, 0.25) is 11.8 Å². The minimum absolute atomic E-state index is 0.00848. The van der Waals surface area contributed by atoms with Crippen molar-refractivity contribution in [3.05, 3.63) is 17.8 Å². The number of carbonyl (C=O) groups excluding carboxylic acids is 1. The third-order valence-electron chi connectivity index (χ3n) is 3.42. The first-order valence-corrected chi connectivity index (χ1v) is 7.71. The molecule has 2 heterocycles. The summed E-state index contributed by atoms with van der Waals surface area (Å²) in [7, 11) is 2.88. The SMILES string of the molecule is COCCOCCOc1ccc(O)c(C2=NC(C)(C(=O)OC)CO2)n1. The lowest BCUT2D eigenvalue weighted by Crippen LogP contribution is -2.35. The molecule has 1 aromatic heterocycles. The summed E-state index contributed by atoms with van der Waals surface area (Å²) in [5.41, 5.74) is -1.06. The number of carbonyl (C=O) groups is 1. The fraction of sp³-hybridized carbons (Fsp3) is 0.562. The van der Waals surface area contributed by atoms with Crippen molar-refractivity contribution in [3.8, 4) is 11.6 Å². The van der Waals surface area contributed by atoms with Crippen LogP contribution in [0.1, 0.15) is 12.6 Å². The smallest absolute Gasteiger partial charge is 0.337 e. The van der Waals surface area contributed by atoms with E-state index in [4.69, 9.17) is 23.7 Å². The lowest BCUT2D eigenvalue weighted by molar-refractivity contribution is -0.146. The van der Waals surface area contributed by atoms with Crippen molar-refractivity contribution in [2.45, 2.75) is 12.5 Å². The number of rotatable bonds is 9. The van der Waals surface area contributed by atoms with Gasteiger partial charge in [-0.05, 0) is 13.0 Å². The van der Waals surface area contributed by atoms with Crippen molar-refractivity contribution in [2.75, 3.05) is 47.3 Å². The maximum atomic E-state index is 11.8. The predicted octanol–water partition coefficient (Wildman–Crippen LogP) is 0.537. The van der Waals surface area contributed by atoms with Crippen LogP contribution in [0.2, 0.25) is 0 Å². The molecule has 0 bridgehead atoms. The van der Waals surface area contributed by atoms with Gasteiger partial charge in [-0.3, -0.25) is 0 Å². The van der Waals surface area contributed by atoms with Crippen LogP contribution in [0.15, 0.2) is 17.1 Å². The van der Waals surface area contributed by atoms with Crippen LogP contribution in [0, 0.1) is 0 Å². The highest BCUT2D eigenvalue weighted by molar-refractivity contribution is 5.99. The van der Waals surface area contributed by atoms with E-state index in [0.29, 0.717) is 19.8 Å². The molecule has 0 aliphatic carbocycles. The fourth-order valence-electron chi connectivity index (χ4n) is 2.06. The number of hydrogen-bond donors (Lipinski definition) is 1. The van der Waals surface area contributed by atoms with E-state index in [1.165, 1.54) is 19.2 Å². The van der Waals surface area contributed by atoms with E-state index in [9.17, 15) is 9.90 Å². The molecular weight excluding hydrogens is 332 g/mol. The van der Waals surface area contributed by atoms with Crippen molar-refractivity contribution in [3.63, 3.8) is 0 Å². The molecule has 9 heteroatoms. The highest BCUT2D eigenvalue weighted by Crippen LogP contribution is 2.27. The summed E-state index contributed by atoms with van der Waals surface area (Å²) in [6.07, 6.45) is 0. The summed E-state index contributed by atoms with van der Waals surface area (Å²) in [6, 6.07) is 2.94. The van der Waals surface area contributed by atoms with E-state index in [1.54, 1.807) is 14.0 Å². The number of aromatic hydroxyl groups is 1. The number of pyridine rings is 1. The summed E-state index contributed by atoms with van der Waals surface area (Å²) in [5.74, 6) is -0.313. The number of aromatic nitrogens is 1.